The van der Waals surface area contributed by atoms with E-state index in [1.54, 1.807) is 30.3 Å². The molecule has 0 spiro atoms. The Kier molecular flexibility index (Phi) is 4.39. The third kappa shape index (κ3) is 3.29. The van der Waals surface area contributed by atoms with E-state index in [4.69, 9.17) is 0 Å². The van der Waals surface area contributed by atoms with Crippen LogP contribution in [0.1, 0.15) is 0 Å². The predicted molar refractivity (Wildman–Crippen MR) is 59.3 cm³/mol. The SMILES string of the molecule is C[Se]/C=C/CS(=O)(=O)c1ccccc1. The topological polar surface area (TPSA) is 34.1 Å². The van der Waals surface area contributed by atoms with Gasteiger partial charge in [0.05, 0.1) is 0 Å². The summed E-state index contributed by atoms with van der Waals surface area (Å²) in [6.45, 7) is 0. The third-order valence-electron chi connectivity index (χ3n) is 1.65. The van der Waals surface area contributed by atoms with E-state index in [0.29, 0.717) is 19.9 Å². The van der Waals surface area contributed by atoms with Gasteiger partial charge in [-0.1, -0.05) is 0 Å². The van der Waals surface area contributed by atoms with Crippen molar-refractivity contribution in [2.75, 3.05) is 5.75 Å². The molecule has 1 rings (SSSR count). The van der Waals surface area contributed by atoms with Gasteiger partial charge in [0.15, 0.2) is 0 Å². The molecular weight excluding hydrogens is 263 g/mol. The van der Waals surface area contributed by atoms with Crippen LogP contribution in [-0.4, -0.2) is 29.1 Å². The summed E-state index contributed by atoms with van der Waals surface area (Å²) in [4.78, 5) is 2.32. The monoisotopic (exact) mass is 276 g/mol. The van der Waals surface area contributed by atoms with Crippen molar-refractivity contribution in [1.29, 1.82) is 0 Å². The number of hydrogen-bond donors (Lipinski definition) is 0. The zero-order valence-electron chi connectivity index (χ0n) is 7.88. The summed E-state index contributed by atoms with van der Waals surface area (Å²) in [6, 6.07) is 8.53. The summed E-state index contributed by atoms with van der Waals surface area (Å²) in [5, 5.41) is 0. The van der Waals surface area contributed by atoms with Gasteiger partial charge < -0.3 is 0 Å². The van der Waals surface area contributed by atoms with Crippen LogP contribution in [0.3, 0.4) is 0 Å². The van der Waals surface area contributed by atoms with E-state index in [-0.39, 0.29) is 5.75 Å². The standard InChI is InChI=1S/C10H12O2SSe/c1-14-9-5-8-13(11,12)10-6-3-2-4-7-10/h2-7,9H,8H2,1H3/b9-5+. The summed E-state index contributed by atoms with van der Waals surface area (Å²) in [5.41, 5.74) is 0. The summed E-state index contributed by atoms with van der Waals surface area (Å²) < 4.78 is 23.3. The van der Waals surface area contributed by atoms with E-state index in [0.717, 1.165) is 0 Å². The molecule has 0 heterocycles. The second-order valence-electron chi connectivity index (χ2n) is 2.70. The van der Waals surface area contributed by atoms with Crippen LogP contribution in [-0.2, 0) is 9.84 Å². The first kappa shape index (κ1) is 11.5. The van der Waals surface area contributed by atoms with Crippen molar-refractivity contribution in [3.8, 4) is 0 Å². The van der Waals surface area contributed by atoms with Crippen molar-refractivity contribution in [3.63, 3.8) is 0 Å². The minimum absolute atomic E-state index is 0.104. The van der Waals surface area contributed by atoms with E-state index < -0.39 is 9.84 Å². The number of benzene rings is 1. The molecule has 0 saturated heterocycles. The fourth-order valence-corrected chi connectivity index (χ4v) is 2.98. The van der Waals surface area contributed by atoms with Gasteiger partial charge in [0, 0.05) is 0 Å². The minimum atomic E-state index is -3.11. The Hall–Kier alpha value is -0.571. The van der Waals surface area contributed by atoms with Crippen molar-refractivity contribution in [2.45, 2.75) is 10.7 Å². The molecule has 0 radical (unpaired) electrons. The van der Waals surface area contributed by atoms with Crippen LogP contribution in [0.25, 0.3) is 0 Å². The second-order valence-corrected chi connectivity index (χ2v) is 6.30. The van der Waals surface area contributed by atoms with Gasteiger partial charge in [0.2, 0.25) is 0 Å². The Balaban J connectivity index is 2.82. The Morgan fingerprint density at radius 3 is 2.50 bits per heavy atom. The molecule has 0 saturated carbocycles. The van der Waals surface area contributed by atoms with Gasteiger partial charge in [-0.2, -0.15) is 0 Å². The van der Waals surface area contributed by atoms with Gasteiger partial charge >= 0.3 is 91.1 Å². The summed E-state index contributed by atoms with van der Waals surface area (Å²) in [7, 11) is -3.11. The molecule has 0 fully saturated rings. The molecule has 76 valence electrons. The molecule has 0 aliphatic heterocycles. The Labute approximate surface area is 91.1 Å². The Morgan fingerprint density at radius 2 is 1.93 bits per heavy atom. The second kappa shape index (κ2) is 5.34. The van der Waals surface area contributed by atoms with Crippen LogP contribution in [0.15, 0.2) is 46.3 Å². The molecule has 0 aliphatic rings. The van der Waals surface area contributed by atoms with Crippen molar-refractivity contribution < 1.29 is 8.42 Å². The van der Waals surface area contributed by atoms with E-state index in [1.165, 1.54) is 0 Å². The van der Waals surface area contributed by atoms with E-state index >= 15 is 0 Å². The quantitative estimate of drug-likeness (QED) is 0.784. The van der Waals surface area contributed by atoms with E-state index in [1.807, 2.05) is 16.9 Å². The van der Waals surface area contributed by atoms with Crippen molar-refractivity contribution >= 4 is 24.8 Å². The molecule has 0 N–H and O–H groups in total. The summed E-state index contributed by atoms with van der Waals surface area (Å²) >= 11 is 0.395. The molecule has 1 aromatic carbocycles. The maximum absolute atomic E-state index is 11.7. The van der Waals surface area contributed by atoms with Crippen LogP contribution in [0.2, 0.25) is 5.82 Å². The first-order valence-electron chi connectivity index (χ1n) is 4.12. The normalized spacial score (nSPS) is 12.1. The van der Waals surface area contributed by atoms with Crippen molar-refractivity contribution in [1.82, 2.24) is 0 Å². The van der Waals surface area contributed by atoms with Gasteiger partial charge in [-0.15, -0.1) is 0 Å². The first-order valence-corrected chi connectivity index (χ1v) is 8.48. The van der Waals surface area contributed by atoms with Crippen LogP contribution < -0.4 is 0 Å². The number of sulfone groups is 1. The van der Waals surface area contributed by atoms with Crippen molar-refractivity contribution in [3.05, 3.63) is 41.4 Å². The number of hydrogen-bond acceptors (Lipinski definition) is 2. The molecule has 14 heavy (non-hydrogen) atoms. The zero-order chi connectivity index (χ0) is 10.4. The molecule has 1 aromatic rings. The van der Waals surface area contributed by atoms with Crippen LogP contribution in [0, 0.1) is 0 Å². The van der Waals surface area contributed by atoms with Crippen LogP contribution in [0.4, 0.5) is 0 Å². The fraction of sp³-hybridized carbons (Fsp3) is 0.200. The summed E-state index contributed by atoms with van der Waals surface area (Å²) in [6.07, 6.45) is 1.72. The van der Waals surface area contributed by atoms with Crippen LogP contribution >= 0.6 is 0 Å². The van der Waals surface area contributed by atoms with Gasteiger partial charge in [0.25, 0.3) is 0 Å². The average molecular weight is 275 g/mol. The molecule has 4 heteroatoms. The average Bonchev–Trinajstić information content (AvgIpc) is 2.19. The van der Waals surface area contributed by atoms with Crippen LogP contribution in [0.5, 0.6) is 0 Å². The molecule has 0 amide bonds. The molecule has 2 nitrogen and oxygen atoms in total. The zero-order valence-corrected chi connectivity index (χ0v) is 10.4. The summed E-state index contributed by atoms with van der Waals surface area (Å²) in [5.74, 6) is 2.14. The van der Waals surface area contributed by atoms with Gasteiger partial charge in [-0.05, 0) is 0 Å². The van der Waals surface area contributed by atoms with E-state index in [2.05, 4.69) is 0 Å². The molecule has 0 aromatic heterocycles. The van der Waals surface area contributed by atoms with E-state index in [9.17, 15) is 8.42 Å². The molecule has 0 atom stereocenters. The molecular formula is C10H12O2SSe. The Bertz CT molecular complexity index is 395. The molecule has 0 unspecified atom stereocenters. The van der Waals surface area contributed by atoms with Gasteiger partial charge in [-0.3, -0.25) is 0 Å². The first-order chi connectivity index (χ1) is 6.67. The Morgan fingerprint density at radius 1 is 1.29 bits per heavy atom. The predicted octanol–water partition coefficient (Wildman–Crippen LogP) is 1.73. The van der Waals surface area contributed by atoms with Crippen molar-refractivity contribution in [2.24, 2.45) is 0 Å². The third-order valence-corrected chi connectivity index (χ3v) is 4.25. The molecule has 0 aliphatic carbocycles. The molecule has 0 bridgehead atoms. The fourth-order valence-electron chi connectivity index (χ4n) is 0.986. The van der Waals surface area contributed by atoms with Gasteiger partial charge in [0.1, 0.15) is 0 Å². The number of rotatable bonds is 4. The van der Waals surface area contributed by atoms with Gasteiger partial charge in [-0.25, -0.2) is 0 Å². The maximum atomic E-state index is 11.7.